The highest BCUT2D eigenvalue weighted by atomic mass is 32.2. The molecule has 168 valence electrons. The Morgan fingerprint density at radius 3 is 2.35 bits per heavy atom. The number of anilines is 1. The van der Waals surface area contributed by atoms with Gasteiger partial charge in [-0.15, -0.1) is 0 Å². The van der Waals surface area contributed by atoms with Gasteiger partial charge in [-0.05, 0) is 37.1 Å². The first-order valence-corrected chi connectivity index (χ1v) is 11.5. The maximum absolute atomic E-state index is 12.5. The molecule has 0 spiro atoms. The number of ether oxygens (including phenoxy) is 1. The lowest BCUT2D eigenvalue weighted by molar-refractivity contribution is -0.117. The van der Waals surface area contributed by atoms with Gasteiger partial charge in [-0.25, -0.2) is 27.0 Å². The zero-order valence-corrected chi connectivity index (χ0v) is 18.4. The fourth-order valence-corrected chi connectivity index (χ4v) is 4.43. The number of carbonyl (C=O) groups excluding carboxylic acids is 2. The maximum Gasteiger partial charge on any atom is 0.346 e. The Bertz CT molecular complexity index is 1130. The van der Waals surface area contributed by atoms with Gasteiger partial charge >= 0.3 is 11.7 Å². The molecule has 31 heavy (non-hydrogen) atoms. The summed E-state index contributed by atoms with van der Waals surface area (Å²) in [5.74, 6) is -0.448. The van der Waals surface area contributed by atoms with E-state index in [-0.39, 0.29) is 12.5 Å². The van der Waals surface area contributed by atoms with Crippen molar-refractivity contribution in [2.45, 2.75) is 25.3 Å². The predicted molar refractivity (Wildman–Crippen MR) is 112 cm³/mol. The van der Waals surface area contributed by atoms with E-state index in [1.807, 2.05) is 0 Å². The van der Waals surface area contributed by atoms with Gasteiger partial charge in [0.05, 0.1) is 18.9 Å². The second kappa shape index (κ2) is 9.02. The summed E-state index contributed by atoms with van der Waals surface area (Å²) in [6, 6.07) is 6.17. The van der Waals surface area contributed by atoms with E-state index in [1.165, 1.54) is 34.4 Å². The minimum atomic E-state index is -3.24. The van der Waals surface area contributed by atoms with Crippen LogP contribution in [0.5, 0.6) is 0 Å². The number of amides is 1. The molecule has 1 amide bonds. The second-order valence-electron chi connectivity index (χ2n) is 7.41. The molecule has 2 aromatic rings. The SMILES string of the molecule is COC(=O)c1ccc(NC(=O)Cn2nc(C3CCN(S(C)(=O)=O)CC3)n(C)c2=O)cc1. The summed E-state index contributed by atoms with van der Waals surface area (Å²) in [6.45, 7) is 0.465. The van der Waals surface area contributed by atoms with Crippen LogP contribution in [-0.4, -0.2) is 65.4 Å². The molecule has 0 bridgehead atoms. The molecule has 1 aliphatic heterocycles. The van der Waals surface area contributed by atoms with Crippen molar-refractivity contribution in [2.24, 2.45) is 7.05 Å². The first kappa shape index (κ1) is 22.7. The van der Waals surface area contributed by atoms with Gasteiger partial charge in [-0.2, -0.15) is 5.10 Å². The summed E-state index contributed by atoms with van der Waals surface area (Å²) < 4.78 is 31.9. The van der Waals surface area contributed by atoms with Crippen molar-refractivity contribution in [3.8, 4) is 0 Å². The van der Waals surface area contributed by atoms with Gasteiger partial charge < -0.3 is 10.1 Å². The third-order valence-electron chi connectivity index (χ3n) is 5.25. The Morgan fingerprint density at radius 1 is 1.19 bits per heavy atom. The molecule has 0 atom stereocenters. The summed E-state index contributed by atoms with van der Waals surface area (Å²) in [4.78, 5) is 36.4. The highest BCUT2D eigenvalue weighted by molar-refractivity contribution is 7.88. The molecule has 0 aliphatic carbocycles. The molecular formula is C19H25N5O6S. The summed E-state index contributed by atoms with van der Waals surface area (Å²) in [5.41, 5.74) is 0.403. The lowest BCUT2D eigenvalue weighted by atomic mass is 9.97. The topological polar surface area (TPSA) is 133 Å². The van der Waals surface area contributed by atoms with Gasteiger partial charge in [0.15, 0.2) is 0 Å². The number of nitrogens with one attached hydrogen (secondary N) is 1. The molecule has 3 rings (SSSR count). The minimum Gasteiger partial charge on any atom is -0.465 e. The van der Waals surface area contributed by atoms with E-state index in [9.17, 15) is 22.8 Å². The zero-order chi connectivity index (χ0) is 22.8. The first-order valence-electron chi connectivity index (χ1n) is 9.67. The smallest absolute Gasteiger partial charge is 0.346 e. The lowest BCUT2D eigenvalue weighted by Gasteiger charge is -2.29. The summed E-state index contributed by atoms with van der Waals surface area (Å²) in [6.07, 6.45) is 2.28. The van der Waals surface area contributed by atoms with Crippen LogP contribution in [0.1, 0.15) is 34.9 Å². The normalized spacial score (nSPS) is 15.6. The third-order valence-corrected chi connectivity index (χ3v) is 6.55. The minimum absolute atomic E-state index is 0.0640. The van der Waals surface area contributed by atoms with Crippen molar-refractivity contribution in [1.29, 1.82) is 0 Å². The number of esters is 1. The monoisotopic (exact) mass is 451 g/mol. The van der Waals surface area contributed by atoms with E-state index < -0.39 is 27.6 Å². The number of nitrogens with zero attached hydrogens (tertiary/aromatic N) is 4. The largest absolute Gasteiger partial charge is 0.465 e. The van der Waals surface area contributed by atoms with Gasteiger partial charge in [0.1, 0.15) is 12.4 Å². The molecule has 1 N–H and O–H groups in total. The van der Waals surface area contributed by atoms with Crippen molar-refractivity contribution in [3.05, 3.63) is 46.1 Å². The van der Waals surface area contributed by atoms with Crippen LogP contribution in [0, 0.1) is 0 Å². The van der Waals surface area contributed by atoms with Gasteiger partial charge in [0.2, 0.25) is 15.9 Å². The molecule has 1 saturated heterocycles. The van der Waals surface area contributed by atoms with Crippen LogP contribution in [0.4, 0.5) is 5.69 Å². The Hall–Kier alpha value is -2.99. The van der Waals surface area contributed by atoms with Gasteiger partial charge in [0.25, 0.3) is 0 Å². The van der Waals surface area contributed by atoms with Crippen molar-refractivity contribution >= 4 is 27.6 Å². The van der Waals surface area contributed by atoms with Crippen LogP contribution in [0.2, 0.25) is 0 Å². The highest BCUT2D eigenvalue weighted by Gasteiger charge is 2.29. The number of rotatable bonds is 6. The van der Waals surface area contributed by atoms with E-state index in [2.05, 4.69) is 15.2 Å². The highest BCUT2D eigenvalue weighted by Crippen LogP contribution is 2.26. The first-order chi connectivity index (χ1) is 14.6. The van der Waals surface area contributed by atoms with Crippen LogP contribution in [0.3, 0.4) is 0 Å². The number of aromatic nitrogens is 3. The van der Waals surface area contributed by atoms with Gasteiger partial charge in [-0.1, -0.05) is 0 Å². The van der Waals surface area contributed by atoms with E-state index in [4.69, 9.17) is 0 Å². The Labute approximate surface area is 179 Å². The number of carbonyl (C=O) groups is 2. The Balaban J connectivity index is 1.66. The molecule has 0 radical (unpaired) electrons. The summed E-state index contributed by atoms with van der Waals surface area (Å²) in [5, 5.41) is 6.99. The van der Waals surface area contributed by atoms with E-state index in [0.717, 1.165) is 4.68 Å². The quantitative estimate of drug-likeness (QED) is 0.618. The standard InChI is InChI=1S/C19H25N5O6S/c1-22-17(13-8-10-23(11-9-13)31(3,28)29)21-24(19(22)27)12-16(25)20-15-6-4-14(5-7-15)18(26)30-2/h4-7,13H,8-12H2,1-3H3,(H,20,25). The maximum atomic E-state index is 12.5. The third kappa shape index (κ3) is 5.20. The van der Waals surface area contributed by atoms with E-state index in [1.54, 1.807) is 19.2 Å². The van der Waals surface area contributed by atoms with E-state index >= 15 is 0 Å². The molecule has 2 heterocycles. The molecule has 11 nitrogen and oxygen atoms in total. The molecular weight excluding hydrogens is 426 g/mol. The molecule has 0 unspecified atom stereocenters. The average Bonchev–Trinajstić information content (AvgIpc) is 3.01. The van der Waals surface area contributed by atoms with Crippen molar-refractivity contribution in [2.75, 3.05) is 31.8 Å². The second-order valence-corrected chi connectivity index (χ2v) is 9.39. The van der Waals surface area contributed by atoms with Crippen LogP contribution >= 0.6 is 0 Å². The van der Waals surface area contributed by atoms with Crippen LogP contribution in [-0.2, 0) is 33.1 Å². The summed E-state index contributed by atoms with van der Waals surface area (Å²) >= 11 is 0. The number of piperidine rings is 1. The molecule has 0 saturated carbocycles. The van der Waals surface area contributed by atoms with Gasteiger partial charge in [0, 0.05) is 31.7 Å². The molecule has 1 aromatic carbocycles. The average molecular weight is 452 g/mol. The van der Waals surface area contributed by atoms with Crippen molar-refractivity contribution in [1.82, 2.24) is 18.7 Å². The fraction of sp³-hybridized carbons (Fsp3) is 0.474. The summed E-state index contributed by atoms with van der Waals surface area (Å²) in [7, 11) is -0.364. The number of methoxy groups -OCH3 is 1. The molecule has 12 heteroatoms. The van der Waals surface area contributed by atoms with Crippen molar-refractivity contribution in [3.63, 3.8) is 0 Å². The predicted octanol–water partition coefficient (Wildman–Crippen LogP) is 0.146. The zero-order valence-electron chi connectivity index (χ0n) is 17.6. The van der Waals surface area contributed by atoms with Gasteiger partial charge in [-0.3, -0.25) is 9.36 Å². The molecule has 1 aliphatic rings. The number of hydrogen-bond acceptors (Lipinski definition) is 7. The number of sulfonamides is 1. The van der Waals surface area contributed by atoms with E-state index in [0.29, 0.717) is 43.0 Å². The lowest BCUT2D eigenvalue weighted by Crippen LogP contribution is -2.37. The van der Waals surface area contributed by atoms with Crippen LogP contribution in [0.15, 0.2) is 29.1 Å². The Kier molecular flexibility index (Phi) is 6.60. The molecule has 1 fully saturated rings. The van der Waals surface area contributed by atoms with Crippen molar-refractivity contribution < 1.29 is 22.7 Å². The van der Waals surface area contributed by atoms with Crippen LogP contribution < -0.4 is 11.0 Å². The van der Waals surface area contributed by atoms with Crippen LogP contribution in [0.25, 0.3) is 0 Å². The number of benzene rings is 1. The molecule has 1 aromatic heterocycles. The Morgan fingerprint density at radius 2 is 1.81 bits per heavy atom. The fourth-order valence-electron chi connectivity index (χ4n) is 3.55. The number of hydrogen-bond donors (Lipinski definition) is 1.